The zero-order chi connectivity index (χ0) is 13.3. The van der Waals surface area contributed by atoms with Gasteiger partial charge in [-0.05, 0) is 56.9 Å². The van der Waals surface area contributed by atoms with Gasteiger partial charge in [-0.15, -0.1) is 0 Å². The molecular weight excluding hydrogens is 294 g/mol. The fourth-order valence-corrected chi connectivity index (χ4v) is 2.47. The lowest BCUT2D eigenvalue weighted by Gasteiger charge is -2.13. The molecule has 18 heavy (non-hydrogen) atoms. The standard InChI is InChI=1S/C14H18BrNO2/c1-8-6-11(7-9(2)13(8)15)16-14(17)12-5-4-10(3)18-12/h6-7,10,12H,4-5H2,1-3H3,(H,16,17). The van der Waals surface area contributed by atoms with E-state index in [0.29, 0.717) is 0 Å². The van der Waals surface area contributed by atoms with Gasteiger partial charge in [0.1, 0.15) is 6.10 Å². The fraction of sp³-hybridized carbons (Fsp3) is 0.500. The van der Waals surface area contributed by atoms with Crippen LogP contribution in [0.2, 0.25) is 0 Å². The maximum absolute atomic E-state index is 12.0. The zero-order valence-corrected chi connectivity index (χ0v) is 12.5. The Morgan fingerprint density at radius 3 is 2.44 bits per heavy atom. The number of carbonyl (C=O) groups is 1. The second-order valence-electron chi connectivity index (χ2n) is 4.93. The maximum atomic E-state index is 12.0. The molecule has 1 aliphatic rings. The van der Waals surface area contributed by atoms with E-state index in [1.165, 1.54) is 0 Å². The van der Waals surface area contributed by atoms with Gasteiger partial charge in [0.15, 0.2) is 0 Å². The predicted octanol–water partition coefficient (Wildman–Crippen LogP) is 3.57. The topological polar surface area (TPSA) is 38.3 Å². The van der Waals surface area contributed by atoms with Crippen LogP contribution in [0.15, 0.2) is 16.6 Å². The highest BCUT2D eigenvalue weighted by atomic mass is 79.9. The molecule has 0 saturated carbocycles. The molecule has 1 aliphatic heterocycles. The molecule has 2 unspecified atom stereocenters. The molecule has 1 N–H and O–H groups in total. The van der Waals surface area contributed by atoms with Crippen LogP contribution in [0.5, 0.6) is 0 Å². The second-order valence-corrected chi connectivity index (χ2v) is 5.72. The van der Waals surface area contributed by atoms with Crippen LogP contribution < -0.4 is 5.32 Å². The first-order chi connectivity index (χ1) is 8.47. The summed E-state index contributed by atoms with van der Waals surface area (Å²) in [5, 5.41) is 2.93. The van der Waals surface area contributed by atoms with Gasteiger partial charge in [-0.1, -0.05) is 15.9 Å². The second kappa shape index (κ2) is 5.41. The Kier molecular flexibility index (Phi) is 4.07. The van der Waals surface area contributed by atoms with E-state index in [9.17, 15) is 4.79 Å². The molecule has 2 rings (SSSR count). The van der Waals surface area contributed by atoms with Gasteiger partial charge in [-0.25, -0.2) is 0 Å². The average Bonchev–Trinajstić information content (AvgIpc) is 2.72. The normalized spacial score (nSPS) is 23.1. The Bertz CT molecular complexity index is 450. The van der Waals surface area contributed by atoms with E-state index in [0.717, 1.165) is 34.1 Å². The fourth-order valence-electron chi connectivity index (χ4n) is 2.24. The molecule has 1 aromatic carbocycles. The number of amides is 1. The molecule has 1 heterocycles. The van der Waals surface area contributed by atoms with Crippen molar-refractivity contribution < 1.29 is 9.53 Å². The van der Waals surface area contributed by atoms with Gasteiger partial charge in [-0.3, -0.25) is 4.79 Å². The first-order valence-corrected chi connectivity index (χ1v) is 6.99. The third-order valence-electron chi connectivity index (χ3n) is 3.23. The Morgan fingerprint density at radius 2 is 1.94 bits per heavy atom. The first-order valence-electron chi connectivity index (χ1n) is 6.20. The molecule has 2 atom stereocenters. The number of rotatable bonds is 2. The summed E-state index contributed by atoms with van der Waals surface area (Å²) in [6, 6.07) is 3.93. The molecule has 1 saturated heterocycles. The number of benzene rings is 1. The molecule has 1 aromatic rings. The van der Waals surface area contributed by atoms with Crippen LogP contribution in [0, 0.1) is 13.8 Å². The number of hydrogen-bond donors (Lipinski definition) is 1. The highest BCUT2D eigenvalue weighted by molar-refractivity contribution is 9.10. The van der Waals surface area contributed by atoms with Crippen molar-refractivity contribution in [2.75, 3.05) is 5.32 Å². The molecule has 3 nitrogen and oxygen atoms in total. The lowest BCUT2D eigenvalue weighted by molar-refractivity contribution is -0.126. The average molecular weight is 312 g/mol. The van der Waals surface area contributed by atoms with Crippen molar-refractivity contribution >= 4 is 27.5 Å². The van der Waals surface area contributed by atoms with Gasteiger partial charge in [-0.2, -0.15) is 0 Å². The smallest absolute Gasteiger partial charge is 0.253 e. The quantitative estimate of drug-likeness (QED) is 0.906. The summed E-state index contributed by atoms with van der Waals surface area (Å²) in [5.74, 6) is -0.0412. The van der Waals surface area contributed by atoms with E-state index >= 15 is 0 Å². The van der Waals surface area contributed by atoms with E-state index in [-0.39, 0.29) is 18.1 Å². The largest absolute Gasteiger partial charge is 0.365 e. The molecule has 1 amide bonds. The molecular formula is C14H18BrNO2. The van der Waals surface area contributed by atoms with Crippen molar-refractivity contribution in [2.24, 2.45) is 0 Å². The number of halogens is 1. The van der Waals surface area contributed by atoms with E-state index in [1.807, 2.05) is 32.9 Å². The van der Waals surface area contributed by atoms with Gasteiger partial charge >= 0.3 is 0 Å². The van der Waals surface area contributed by atoms with Crippen molar-refractivity contribution in [3.63, 3.8) is 0 Å². The molecule has 98 valence electrons. The van der Waals surface area contributed by atoms with Crippen LogP contribution in [-0.2, 0) is 9.53 Å². The SMILES string of the molecule is Cc1cc(NC(=O)C2CCC(C)O2)cc(C)c1Br. The third kappa shape index (κ3) is 2.93. The Morgan fingerprint density at radius 1 is 1.33 bits per heavy atom. The van der Waals surface area contributed by atoms with Crippen molar-refractivity contribution in [3.05, 3.63) is 27.7 Å². The summed E-state index contributed by atoms with van der Waals surface area (Å²) in [7, 11) is 0. The number of ether oxygens (including phenoxy) is 1. The van der Waals surface area contributed by atoms with Crippen LogP contribution in [0.4, 0.5) is 5.69 Å². The predicted molar refractivity (Wildman–Crippen MR) is 75.8 cm³/mol. The van der Waals surface area contributed by atoms with E-state index in [2.05, 4.69) is 21.2 Å². The van der Waals surface area contributed by atoms with Crippen LogP contribution in [0.3, 0.4) is 0 Å². The minimum atomic E-state index is -0.302. The minimum Gasteiger partial charge on any atom is -0.365 e. The van der Waals surface area contributed by atoms with E-state index in [1.54, 1.807) is 0 Å². The molecule has 4 heteroatoms. The van der Waals surface area contributed by atoms with E-state index < -0.39 is 0 Å². The van der Waals surface area contributed by atoms with Gasteiger partial charge in [0.2, 0.25) is 0 Å². The molecule has 0 bridgehead atoms. The minimum absolute atomic E-state index is 0.0412. The van der Waals surface area contributed by atoms with Crippen LogP contribution in [0.1, 0.15) is 30.9 Å². The number of anilines is 1. The Balaban J connectivity index is 2.07. The summed E-state index contributed by atoms with van der Waals surface area (Å²) in [6.07, 6.45) is 1.65. The maximum Gasteiger partial charge on any atom is 0.253 e. The number of hydrogen-bond acceptors (Lipinski definition) is 2. The highest BCUT2D eigenvalue weighted by Crippen LogP contribution is 2.26. The summed E-state index contributed by atoms with van der Waals surface area (Å²) in [6.45, 7) is 6.03. The van der Waals surface area contributed by atoms with Crippen molar-refractivity contribution in [1.29, 1.82) is 0 Å². The van der Waals surface area contributed by atoms with Gasteiger partial charge in [0.05, 0.1) is 6.10 Å². The van der Waals surface area contributed by atoms with Crippen LogP contribution in [-0.4, -0.2) is 18.1 Å². The molecule has 0 aromatic heterocycles. The van der Waals surface area contributed by atoms with Gasteiger partial charge in [0, 0.05) is 10.2 Å². The summed E-state index contributed by atoms with van der Waals surface area (Å²) >= 11 is 3.52. The summed E-state index contributed by atoms with van der Waals surface area (Å²) in [5.41, 5.74) is 3.07. The summed E-state index contributed by atoms with van der Waals surface area (Å²) in [4.78, 5) is 12.0. The molecule has 0 radical (unpaired) electrons. The molecule has 0 aliphatic carbocycles. The first kappa shape index (κ1) is 13.6. The van der Waals surface area contributed by atoms with Gasteiger partial charge < -0.3 is 10.1 Å². The number of aryl methyl sites for hydroxylation is 2. The lowest BCUT2D eigenvalue weighted by Crippen LogP contribution is -2.27. The summed E-state index contributed by atoms with van der Waals surface area (Å²) < 4.78 is 6.65. The lowest BCUT2D eigenvalue weighted by atomic mass is 10.1. The monoisotopic (exact) mass is 311 g/mol. The number of nitrogens with one attached hydrogen (secondary N) is 1. The Hall–Kier alpha value is -0.870. The van der Waals surface area contributed by atoms with Crippen LogP contribution >= 0.6 is 15.9 Å². The molecule has 0 spiro atoms. The van der Waals surface area contributed by atoms with Crippen molar-refractivity contribution in [2.45, 2.75) is 45.8 Å². The number of carbonyl (C=O) groups excluding carboxylic acids is 1. The van der Waals surface area contributed by atoms with Crippen LogP contribution in [0.25, 0.3) is 0 Å². The zero-order valence-electron chi connectivity index (χ0n) is 10.9. The van der Waals surface area contributed by atoms with Crippen molar-refractivity contribution in [3.8, 4) is 0 Å². The van der Waals surface area contributed by atoms with Crippen molar-refractivity contribution in [1.82, 2.24) is 0 Å². The third-order valence-corrected chi connectivity index (χ3v) is 4.48. The Labute approximate surface area is 116 Å². The molecule has 1 fully saturated rings. The van der Waals surface area contributed by atoms with Gasteiger partial charge in [0.25, 0.3) is 5.91 Å². The van der Waals surface area contributed by atoms with E-state index in [4.69, 9.17) is 4.74 Å². The highest BCUT2D eigenvalue weighted by Gasteiger charge is 2.28.